The van der Waals surface area contributed by atoms with Crippen LogP contribution in [0.4, 0.5) is 0 Å². The number of hydrogen-bond acceptors (Lipinski definition) is 4. The Labute approximate surface area is 117 Å². The van der Waals surface area contributed by atoms with Crippen molar-refractivity contribution in [2.75, 3.05) is 20.2 Å². The van der Waals surface area contributed by atoms with Crippen LogP contribution in [0.1, 0.15) is 12.0 Å². The van der Waals surface area contributed by atoms with Gasteiger partial charge in [0.25, 0.3) is 0 Å². The predicted octanol–water partition coefficient (Wildman–Crippen LogP) is 0.820. The van der Waals surface area contributed by atoms with Gasteiger partial charge in [-0.1, -0.05) is 30.3 Å². The van der Waals surface area contributed by atoms with Gasteiger partial charge in [0.15, 0.2) is 5.78 Å². The van der Waals surface area contributed by atoms with E-state index >= 15 is 0 Å². The number of Topliss-reactive ketones (excluding diaryl/α,β-unsaturated/α-hetero) is 1. The highest BCUT2D eigenvalue weighted by molar-refractivity contribution is 6.02. The first-order chi connectivity index (χ1) is 9.61. The van der Waals surface area contributed by atoms with Crippen LogP contribution in [0.2, 0.25) is 0 Å². The Bertz CT molecular complexity index is 512. The van der Waals surface area contributed by atoms with E-state index in [1.807, 2.05) is 30.3 Å². The van der Waals surface area contributed by atoms with Crippen molar-refractivity contribution in [1.82, 2.24) is 4.90 Å². The fourth-order valence-electron chi connectivity index (χ4n) is 2.31. The third kappa shape index (κ3) is 3.23. The zero-order valence-corrected chi connectivity index (χ0v) is 11.4. The number of ether oxygens (including phenoxy) is 1. The minimum atomic E-state index is -0.722. The van der Waals surface area contributed by atoms with Crippen molar-refractivity contribution < 1.29 is 19.1 Å². The van der Waals surface area contributed by atoms with Crippen molar-refractivity contribution in [3.63, 3.8) is 0 Å². The van der Waals surface area contributed by atoms with Crippen LogP contribution >= 0.6 is 0 Å². The minimum Gasteiger partial charge on any atom is -0.468 e. The molecule has 0 spiro atoms. The van der Waals surface area contributed by atoms with E-state index in [0.29, 0.717) is 13.0 Å². The first-order valence-electron chi connectivity index (χ1n) is 6.54. The lowest BCUT2D eigenvalue weighted by molar-refractivity contribution is -0.154. The summed E-state index contributed by atoms with van der Waals surface area (Å²) in [4.78, 5) is 36.9. The summed E-state index contributed by atoms with van der Waals surface area (Å²) in [5.74, 6) is -1.57. The molecule has 1 amide bonds. The van der Waals surface area contributed by atoms with Crippen LogP contribution in [0.3, 0.4) is 0 Å². The predicted molar refractivity (Wildman–Crippen MR) is 71.9 cm³/mol. The molecule has 0 aromatic heterocycles. The Morgan fingerprint density at radius 2 is 2.00 bits per heavy atom. The first kappa shape index (κ1) is 14.2. The summed E-state index contributed by atoms with van der Waals surface area (Å²) in [6.45, 7) is 0.405. The Kier molecular flexibility index (Phi) is 4.50. The van der Waals surface area contributed by atoms with Crippen molar-refractivity contribution in [2.45, 2.75) is 12.8 Å². The number of benzene rings is 1. The van der Waals surface area contributed by atoms with Crippen LogP contribution in [0.25, 0.3) is 0 Å². The molecule has 0 saturated carbocycles. The lowest BCUT2D eigenvalue weighted by Gasteiger charge is -2.29. The van der Waals surface area contributed by atoms with Crippen LogP contribution in [0.15, 0.2) is 30.3 Å². The lowest BCUT2D eigenvalue weighted by Crippen LogP contribution is -2.47. The van der Waals surface area contributed by atoms with Gasteiger partial charge in [-0.15, -0.1) is 0 Å². The van der Waals surface area contributed by atoms with Crippen molar-refractivity contribution in [3.8, 4) is 0 Å². The molecule has 20 heavy (non-hydrogen) atoms. The first-order valence-corrected chi connectivity index (χ1v) is 6.54. The van der Waals surface area contributed by atoms with Crippen molar-refractivity contribution in [1.29, 1.82) is 0 Å². The lowest BCUT2D eigenvalue weighted by atomic mass is 9.95. The number of carbonyl (C=O) groups excluding carboxylic acids is 3. The standard InChI is InChI=1S/C15H17NO4/c1-20-15(19)12-7-8-16(10-13(12)17)14(18)9-11-5-3-2-4-6-11/h2-6,12H,7-10H2,1H3. The zero-order valence-electron chi connectivity index (χ0n) is 11.4. The molecule has 0 bridgehead atoms. The van der Waals surface area contributed by atoms with E-state index in [4.69, 9.17) is 0 Å². The third-order valence-electron chi connectivity index (χ3n) is 3.46. The molecule has 0 aliphatic carbocycles. The molecule has 1 aromatic carbocycles. The van der Waals surface area contributed by atoms with Crippen LogP contribution in [-0.2, 0) is 25.5 Å². The molecule has 106 valence electrons. The quantitative estimate of drug-likeness (QED) is 0.605. The Balaban J connectivity index is 1.94. The fraction of sp³-hybridized carbons (Fsp3) is 0.400. The smallest absolute Gasteiger partial charge is 0.316 e. The van der Waals surface area contributed by atoms with Gasteiger partial charge < -0.3 is 9.64 Å². The molecular weight excluding hydrogens is 258 g/mol. The summed E-state index contributed by atoms with van der Waals surface area (Å²) in [7, 11) is 1.27. The van der Waals surface area contributed by atoms with E-state index in [2.05, 4.69) is 4.74 Å². The molecule has 2 rings (SSSR count). The number of nitrogens with zero attached hydrogens (tertiary/aromatic N) is 1. The SMILES string of the molecule is COC(=O)C1CCN(C(=O)Cc2ccccc2)CC1=O. The molecule has 0 N–H and O–H groups in total. The summed E-state index contributed by atoms with van der Waals surface area (Å²) >= 11 is 0. The zero-order chi connectivity index (χ0) is 14.5. The maximum Gasteiger partial charge on any atom is 0.316 e. The number of likely N-dealkylation sites (tertiary alicyclic amines) is 1. The number of hydrogen-bond donors (Lipinski definition) is 0. The highest BCUT2D eigenvalue weighted by Gasteiger charge is 2.34. The molecule has 5 heteroatoms. The number of rotatable bonds is 3. The molecule has 1 saturated heterocycles. The van der Waals surface area contributed by atoms with E-state index in [1.54, 1.807) is 0 Å². The number of amides is 1. The van der Waals surface area contributed by atoms with Crippen LogP contribution in [0.5, 0.6) is 0 Å². The van der Waals surface area contributed by atoms with Gasteiger partial charge in [-0.05, 0) is 12.0 Å². The molecule has 1 atom stereocenters. The Morgan fingerprint density at radius 1 is 1.30 bits per heavy atom. The minimum absolute atomic E-state index is 0.00850. The second-order valence-corrected chi connectivity index (χ2v) is 4.81. The monoisotopic (exact) mass is 275 g/mol. The van der Waals surface area contributed by atoms with Crippen LogP contribution in [0, 0.1) is 5.92 Å². The fourth-order valence-corrected chi connectivity index (χ4v) is 2.31. The molecule has 1 heterocycles. The van der Waals surface area contributed by atoms with Crippen molar-refractivity contribution in [3.05, 3.63) is 35.9 Å². The summed E-state index contributed by atoms with van der Waals surface area (Å²) in [6.07, 6.45) is 0.614. The molecule has 0 radical (unpaired) electrons. The number of ketones is 1. The average Bonchev–Trinajstić information content (AvgIpc) is 2.47. The van der Waals surface area contributed by atoms with Crippen LogP contribution < -0.4 is 0 Å². The van der Waals surface area contributed by atoms with Gasteiger partial charge >= 0.3 is 5.97 Å². The average molecular weight is 275 g/mol. The topological polar surface area (TPSA) is 63.7 Å². The van der Waals surface area contributed by atoms with Gasteiger partial charge in [0.2, 0.25) is 5.91 Å². The molecule has 1 fully saturated rings. The highest BCUT2D eigenvalue weighted by Crippen LogP contribution is 2.16. The second-order valence-electron chi connectivity index (χ2n) is 4.81. The third-order valence-corrected chi connectivity index (χ3v) is 3.46. The number of esters is 1. The van der Waals surface area contributed by atoms with Gasteiger partial charge in [-0.2, -0.15) is 0 Å². The molecular formula is C15H17NO4. The summed E-state index contributed by atoms with van der Waals surface area (Å²) in [5, 5.41) is 0. The number of carbonyl (C=O) groups is 3. The van der Waals surface area contributed by atoms with Crippen molar-refractivity contribution in [2.24, 2.45) is 5.92 Å². The summed E-state index contributed by atoms with van der Waals surface area (Å²) < 4.78 is 4.59. The molecule has 1 aromatic rings. The van der Waals surface area contributed by atoms with Gasteiger partial charge in [0.05, 0.1) is 20.1 Å². The summed E-state index contributed by atoms with van der Waals surface area (Å²) in [5.41, 5.74) is 0.917. The maximum atomic E-state index is 12.1. The van der Waals surface area contributed by atoms with Crippen molar-refractivity contribution >= 4 is 17.7 Å². The van der Waals surface area contributed by atoms with Crippen LogP contribution in [-0.4, -0.2) is 42.8 Å². The largest absolute Gasteiger partial charge is 0.468 e. The normalized spacial score (nSPS) is 18.8. The number of piperidine rings is 1. The molecule has 5 nitrogen and oxygen atoms in total. The second kappa shape index (κ2) is 6.32. The molecule has 1 aliphatic rings. The maximum absolute atomic E-state index is 12.1. The van der Waals surface area contributed by atoms with E-state index in [-0.39, 0.29) is 24.7 Å². The van der Waals surface area contributed by atoms with Gasteiger partial charge in [0, 0.05) is 6.54 Å². The van der Waals surface area contributed by atoms with Gasteiger partial charge in [-0.25, -0.2) is 0 Å². The Hall–Kier alpha value is -2.17. The van der Waals surface area contributed by atoms with Gasteiger partial charge in [0.1, 0.15) is 5.92 Å². The van der Waals surface area contributed by atoms with E-state index in [0.717, 1.165) is 5.56 Å². The number of methoxy groups -OCH3 is 1. The Morgan fingerprint density at radius 3 is 2.60 bits per heavy atom. The summed E-state index contributed by atoms with van der Waals surface area (Å²) in [6, 6.07) is 9.38. The van der Waals surface area contributed by atoms with E-state index in [9.17, 15) is 14.4 Å². The van der Waals surface area contributed by atoms with E-state index < -0.39 is 11.9 Å². The van der Waals surface area contributed by atoms with Gasteiger partial charge in [-0.3, -0.25) is 14.4 Å². The van der Waals surface area contributed by atoms with E-state index in [1.165, 1.54) is 12.0 Å². The molecule has 1 aliphatic heterocycles. The molecule has 1 unspecified atom stereocenters. The highest BCUT2D eigenvalue weighted by atomic mass is 16.5.